The average molecular weight is 445 g/mol. The van der Waals surface area contributed by atoms with E-state index in [1.54, 1.807) is 9.13 Å². The Morgan fingerprint density at radius 2 is 1.76 bits per heavy atom. The summed E-state index contributed by atoms with van der Waals surface area (Å²) in [6.07, 6.45) is 2.43. The number of hydrogen-bond acceptors (Lipinski definition) is 5. The van der Waals surface area contributed by atoms with E-state index < -0.39 is 0 Å². The Hall–Kier alpha value is -3.81. The molecule has 8 heteroatoms. The maximum Gasteiger partial charge on any atom is 0.329 e. The van der Waals surface area contributed by atoms with Crippen molar-refractivity contribution in [1.82, 2.24) is 29.8 Å². The van der Waals surface area contributed by atoms with Crippen molar-refractivity contribution in [2.75, 3.05) is 0 Å². The van der Waals surface area contributed by atoms with Gasteiger partial charge in [-0.1, -0.05) is 62.4 Å². The molecule has 170 valence electrons. The molecule has 0 radical (unpaired) electrons. The molecule has 2 heterocycles. The summed E-state index contributed by atoms with van der Waals surface area (Å²) in [5.41, 5.74) is 5.08. The molecule has 33 heavy (non-hydrogen) atoms. The number of imidazole rings is 1. The van der Waals surface area contributed by atoms with Crippen LogP contribution >= 0.6 is 0 Å². The van der Waals surface area contributed by atoms with E-state index in [-0.39, 0.29) is 5.69 Å². The highest BCUT2D eigenvalue weighted by Crippen LogP contribution is 2.29. The van der Waals surface area contributed by atoms with Gasteiger partial charge >= 0.3 is 5.69 Å². The fourth-order valence-electron chi connectivity index (χ4n) is 4.13. The van der Waals surface area contributed by atoms with Gasteiger partial charge in [-0.15, -0.1) is 10.2 Å². The summed E-state index contributed by atoms with van der Waals surface area (Å²) in [5.74, 6) is 1.02. The molecule has 0 saturated carbocycles. The number of aromatic amines is 1. The first-order valence-corrected chi connectivity index (χ1v) is 11.2. The molecular weight excluding hydrogens is 416 g/mol. The Morgan fingerprint density at radius 3 is 2.36 bits per heavy atom. The van der Waals surface area contributed by atoms with Gasteiger partial charge in [0.2, 0.25) is 5.82 Å². The third kappa shape index (κ3) is 4.55. The predicted molar refractivity (Wildman–Crippen MR) is 127 cm³/mol. The van der Waals surface area contributed by atoms with Crippen molar-refractivity contribution < 1.29 is 4.79 Å². The van der Waals surface area contributed by atoms with Gasteiger partial charge in [0.05, 0.1) is 12.2 Å². The van der Waals surface area contributed by atoms with E-state index in [1.165, 1.54) is 0 Å². The number of rotatable bonds is 9. The number of aromatic nitrogens is 6. The molecule has 0 aliphatic rings. The monoisotopic (exact) mass is 444 g/mol. The molecule has 0 saturated heterocycles. The normalized spacial score (nSPS) is 11.3. The smallest absolute Gasteiger partial charge is 0.296 e. The quantitative estimate of drug-likeness (QED) is 0.394. The van der Waals surface area contributed by atoms with Gasteiger partial charge in [-0.3, -0.25) is 13.9 Å². The molecule has 0 fully saturated rings. The highest BCUT2D eigenvalue weighted by Gasteiger charge is 2.19. The Bertz CT molecular complexity index is 1280. The van der Waals surface area contributed by atoms with Crippen molar-refractivity contribution >= 4 is 6.29 Å². The molecule has 0 amide bonds. The molecular formula is C25H28N6O2. The number of nitrogens with zero attached hydrogens (tertiary/aromatic N) is 5. The molecule has 4 aromatic rings. The molecule has 0 aliphatic heterocycles. The topological polar surface area (TPSA) is 98.5 Å². The number of carbonyl (C=O) groups excluding carboxylic acids is 1. The number of benzene rings is 2. The average Bonchev–Trinajstić information content (AvgIpc) is 3.45. The van der Waals surface area contributed by atoms with Gasteiger partial charge in [-0.2, -0.15) is 5.21 Å². The number of aldehydes is 1. The number of carbonyl (C=O) groups is 1. The minimum absolute atomic E-state index is 0.134. The van der Waals surface area contributed by atoms with Crippen molar-refractivity contribution in [1.29, 1.82) is 0 Å². The second-order valence-corrected chi connectivity index (χ2v) is 8.47. The third-order valence-corrected chi connectivity index (χ3v) is 5.88. The summed E-state index contributed by atoms with van der Waals surface area (Å²) in [7, 11) is 0. The van der Waals surface area contributed by atoms with E-state index in [0.717, 1.165) is 40.7 Å². The van der Waals surface area contributed by atoms with Crippen LogP contribution in [0.15, 0.2) is 53.3 Å². The molecule has 0 atom stereocenters. The van der Waals surface area contributed by atoms with Crippen molar-refractivity contribution in [2.24, 2.45) is 5.92 Å². The molecule has 0 aliphatic carbocycles. The minimum atomic E-state index is -0.134. The Labute approximate surface area is 192 Å². The molecule has 1 N–H and O–H groups in total. The van der Waals surface area contributed by atoms with E-state index in [4.69, 9.17) is 0 Å². The molecule has 0 spiro atoms. The number of H-pyrrole nitrogens is 1. The second-order valence-electron chi connectivity index (χ2n) is 8.47. The Kier molecular flexibility index (Phi) is 6.63. The molecule has 2 aromatic carbocycles. The fraction of sp³-hybridized carbons (Fsp3) is 0.320. The van der Waals surface area contributed by atoms with Crippen molar-refractivity contribution in [2.45, 2.75) is 46.7 Å². The number of nitrogens with one attached hydrogen (secondary N) is 1. The highest BCUT2D eigenvalue weighted by molar-refractivity contribution is 5.80. The summed E-state index contributed by atoms with van der Waals surface area (Å²) in [4.78, 5) is 24.9. The van der Waals surface area contributed by atoms with E-state index in [9.17, 15) is 9.59 Å². The summed E-state index contributed by atoms with van der Waals surface area (Å²) < 4.78 is 3.32. The summed E-state index contributed by atoms with van der Waals surface area (Å²) in [5, 5.41) is 14.4. The summed E-state index contributed by atoms with van der Waals surface area (Å²) >= 11 is 0. The Morgan fingerprint density at radius 1 is 1.03 bits per heavy atom. The molecule has 2 aromatic heterocycles. The van der Waals surface area contributed by atoms with Crippen LogP contribution in [0, 0.1) is 5.92 Å². The maximum atomic E-state index is 13.1. The molecule has 8 nitrogen and oxygen atoms in total. The number of tetrazole rings is 1. The third-order valence-electron chi connectivity index (χ3n) is 5.88. The molecule has 0 bridgehead atoms. The summed E-state index contributed by atoms with van der Waals surface area (Å²) in [6.45, 7) is 7.07. The zero-order valence-electron chi connectivity index (χ0n) is 19.2. The van der Waals surface area contributed by atoms with Gasteiger partial charge in [0.1, 0.15) is 5.69 Å². The zero-order chi connectivity index (χ0) is 23.4. The van der Waals surface area contributed by atoms with E-state index in [2.05, 4.69) is 34.5 Å². The maximum absolute atomic E-state index is 13.1. The SMILES string of the molecule is CCn1c(C=O)c(CCC(C)C)n(Cc2ccc(-c3ccccc3-c3nn[nH]n3)cc2)c1=O. The van der Waals surface area contributed by atoms with Crippen LogP contribution in [0.4, 0.5) is 0 Å². The van der Waals surface area contributed by atoms with Gasteiger partial charge < -0.3 is 0 Å². The zero-order valence-corrected chi connectivity index (χ0v) is 19.2. The van der Waals surface area contributed by atoms with Gasteiger partial charge in [0, 0.05) is 12.1 Å². The van der Waals surface area contributed by atoms with Crippen molar-refractivity contribution in [3.63, 3.8) is 0 Å². The van der Waals surface area contributed by atoms with Crippen LogP contribution in [0.3, 0.4) is 0 Å². The number of hydrogen-bond donors (Lipinski definition) is 1. The van der Waals surface area contributed by atoms with Gasteiger partial charge in [-0.05, 0) is 47.6 Å². The van der Waals surface area contributed by atoms with E-state index in [1.807, 2.05) is 55.5 Å². The lowest BCUT2D eigenvalue weighted by Gasteiger charge is -2.11. The summed E-state index contributed by atoms with van der Waals surface area (Å²) in [6, 6.07) is 16.0. The van der Waals surface area contributed by atoms with E-state index >= 15 is 0 Å². The van der Waals surface area contributed by atoms with Gasteiger partial charge in [0.15, 0.2) is 6.29 Å². The van der Waals surface area contributed by atoms with Gasteiger partial charge in [-0.25, -0.2) is 4.79 Å². The standard InChI is InChI=1S/C25H28N6O2/c1-4-30-23(16-32)22(14-9-17(2)3)31(25(30)33)15-18-10-12-19(13-11-18)20-7-5-6-8-21(20)24-26-28-29-27-24/h5-8,10-13,16-17H,4,9,14-15H2,1-3H3,(H,26,27,28,29). The van der Waals surface area contributed by atoms with Crippen molar-refractivity contribution in [3.8, 4) is 22.5 Å². The molecule has 0 unspecified atom stereocenters. The first-order chi connectivity index (χ1) is 16.0. The lowest BCUT2D eigenvalue weighted by molar-refractivity contribution is 0.111. The highest BCUT2D eigenvalue weighted by atomic mass is 16.2. The first-order valence-electron chi connectivity index (χ1n) is 11.2. The van der Waals surface area contributed by atoms with Gasteiger partial charge in [0.25, 0.3) is 0 Å². The Balaban J connectivity index is 1.67. The largest absolute Gasteiger partial charge is 0.329 e. The van der Waals surface area contributed by atoms with E-state index in [0.29, 0.717) is 36.9 Å². The van der Waals surface area contributed by atoms with Crippen LogP contribution < -0.4 is 5.69 Å². The fourth-order valence-corrected chi connectivity index (χ4v) is 4.13. The lowest BCUT2D eigenvalue weighted by atomic mass is 9.98. The van der Waals surface area contributed by atoms with Crippen LogP contribution in [-0.2, 0) is 19.5 Å². The van der Waals surface area contributed by atoms with Crippen molar-refractivity contribution in [3.05, 3.63) is 76.0 Å². The van der Waals surface area contributed by atoms with Crippen LogP contribution in [0.2, 0.25) is 0 Å². The predicted octanol–water partition coefficient (Wildman–Crippen LogP) is 3.97. The molecule has 4 rings (SSSR count). The van der Waals surface area contributed by atoms with Crippen LogP contribution in [0.1, 0.15) is 48.9 Å². The van der Waals surface area contributed by atoms with Crippen LogP contribution in [-0.4, -0.2) is 36.0 Å². The lowest BCUT2D eigenvalue weighted by Crippen LogP contribution is -2.25. The van der Waals surface area contributed by atoms with Crippen LogP contribution in [0.25, 0.3) is 22.5 Å². The first kappa shape index (κ1) is 22.4. The second kappa shape index (κ2) is 9.77. The minimum Gasteiger partial charge on any atom is -0.296 e. The van der Waals surface area contributed by atoms with Crippen LogP contribution in [0.5, 0.6) is 0 Å².